The molecule has 1 aliphatic carbocycles. The van der Waals surface area contributed by atoms with Crippen LogP contribution in [-0.2, 0) is 32.7 Å². The molecule has 6 N–H and O–H groups in total. The third-order valence-corrected chi connectivity index (χ3v) is 13.1. The first-order chi connectivity index (χ1) is 32.4. The van der Waals surface area contributed by atoms with Crippen molar-refractivity contribution in [1.82, 2.24) is 0 Å². The van der Waals surface area contributed by atoms with E-state index in [1.54, 1.807) is 0 Å². The van der Waals surface area contributed by atoms with Crippen LogP contribution in [0.4, 0.5) is 0 Å². The number of carbonyl (C=O) groups is 2. The van der Waals surface area contributed by atoms with Gasteiger partial charge in [-0.1, -0.05) is 178 Å². The molecule has 13 nitrogen and oxygen atoms in total. The molecule has 0 heterocycles. The van der Waals surface area contributed by atoms with Gasteiger partial charge in [-0.2, -0.15) is 0 Å². The van der Waals surface area contributed by atoms with E-state index in [2.05, 4.69) is 62.5 Å². The minimum Gasteiger partial charge on any atom is -0.462 e. The molecule has 0 aromatic heterocycles. The van der Waals surface area contributed by atoms with E-state index >= 15 is 0 Å². The Labute approximate surface area is 405 Å². The molecule has 0 spiro atoms. The second kappa shape index (κ2) is 42.7. The van der Waals surface area contributed by atoms with Crippen molar-refractivity contribution in [2.45, 2.75) is 262 Å². The Hall–Kier alpha value is -2.19. The van der Waals surface area contributed by atoms with Gasteiger partial charge in [0.25, 0.3) is 0 Å². The van der Waals surface area contributed by atoms with Crippen molar-refractivity contribution >= 4 is 19.8 Å². The maximum absolute atomic E-state index is 12.9. The summed E-state index contributed by atoms with van der Waals surface area (Å²) in [6.45, 7) is 3.27. The number of allylic oxidation sites excluding steroid dienone is 8. The molecule has 0 bridgehead atoms. The zero-order chi connectivity index (χ0) is 49.2. The van der Waals surface area contributed by atoms with Gasteiger partial charge in [0.15, 0.2) is 6.10 Å². The number of aliphatic hydroxyl groups is 5. The number of esters is 2. The predicted molar refractivity (Wildman–Crippen MR) is 267 cm³/mol. The minimum absolute atomic E-state index is 0.0904. The number of hydrogen-bond donors (Lipinski definition) is 6. The quantitative estimate of drug-likeness (QED) is 0.0145. The van der Waals surface area contributed by atoms with E-state index in [1.165, 1.54) is 103 Å². The van der Waals surface area contributed by atoms with Crippen LogP contribution in [-0.4, -0.2) is 98.3 Å². The molecule has 14 heteroatoms. The average Bonchev–Trinajstić information content (AvgIpc) is 3.31. The van der Waals surface area contributed by atoms with Crippen LogP contribution in [0.3, 0.4) is 0 Å². The van der Waals surface area contributed by atoms with Gasteiger partial charge < -0.3 is 39.9 Å². The third-order valence-electron chi connectivity index (χ3n) is 12.1. The highest BCUT2D eigenvalue weighted by atomic mass is 31.2. The minimum atomic E-state index is -5.13. The zero-order valence-electron chi connectivity index (χ0n) is 41.7. The molecule has 67 heavy (non-hydrogen) atoms. The van der Waals surface area contributed by atoms with Gasteiger partial charge in [-0.05, 0) is 77.0 Å². The van der Waals surface area contributed by atoms with Crippen LogP contribution < -0.4 is 0 Å². The topological polar surface area (TPSA) is 210 Å². The van der Waals surface area contributed by atoms with Crippen molar-refractivity contribution in [3.05, 3.63) is 48.6 Å². The number of phosphoric acid groups is 1. The van der Waals surface area contributed by atoms with Crippen LogP contribution in [0.15, 0.2) is 48.6 Å². The Kier molecular flexibility index (Phi) is 40.0. The molecule has 0 aromatic rings. The summed E-state index contributed by atoms with van der Waals surface area (Å²) in [6, 6.07) is 0. The lowest BCUT2D eigenvalue weighted by molar-refractivity contribution is -0.220. The highest BCUT2D eigenvalue weighted by Gasteiger charge is 2.51. The Morgan fingerprint density at radius 2 is 0.806 bits per heavy atom. The van der Waals surface area contributed by atoms with Crippen LogP contribution in [0.5, 0.6) is 0 Å². The number of unbranched alkanes of at least 4 members (excludes halogenated alkanes) is 24. The number of phosphoric ester groups is 1. The normalized spacial score (nSPS) is 21.5. The van der Waals surface area contributed by atoms with E-state index in [4.69, 9.17) is 18.5 Å². The van der Waals surface area contributed by atoms with Crippen LogP contribution >= 0.6 is 7.82 Å². The fourth-order valence-electron chi connectivity index (χ4n) is 7.88. The van der Waals surface area contributed by atoms with Crippen LogP contribution in [0, 0.1) is 0 Å². The zero-order valence-corrected chi connectivity index (χ0v) is 42.6. The van der Waals surface area contributed by atoms with Crippen LogP contribution in [0.2, 0.25) is 0 Å². The maximum Gasteiger partial charge on any atom is 0.472 e. The highest BCUT2D eigenvalue weighted by Crippen LogP contribution is 2.47. The summed E-state index contributed by atoms with van der Waals surface area (Å²) in [7, 11) is -5.13. The molecular formula is C53H95O13P. The molecule has 1 rings (SSSR count). The van der Waals surface area contributed by atoms with Crippen LogP contribution in [0.25, 0.3) is 0 Å². The van der Waals surface area contributed by atoms with Crippen molar-refractivity contribution < 1.29 is 63.1 Å². The highest BCUT2D eigenvalue weighted by molar-refractivity contribution is 7.47. The first kappa shape index (κ1) is 62.8. The molecular weight excluding hydrogens is 876 g/mol. The summed E-state index contributed by atoms with van der Waals surface area (Å²) in [5.41, 5.74) is 0. The molecule has 390 valence electrons. The van der Waals surface area contributed by atoms with Gasteiger partial charge in [0.1, 0.15) is 43.2 Å². The van der Waals surface area contributed by atoms with Gasteiger partial charge in [-0.3, -0.25) is 18.6 Å². The molecule has 1 fully saturated rings. The van der Waals surface area contributed by atoms with Gasteiger partial charge in [0, 0.05) is 12.8 Å². The largest absolute Gasteiger partial charge is 0.472 e. The summed E-state index contributed by atoms with van der Waals surface area (Å²) in [5, 5.41) is 50.3. The van der Waals surface area contributed by atoms with E-state index in [0.717, 1.165) is 77.0 Å². The Morgan fingerprint density at radius 3 is 1.21 bits per heavy atom. The van der Waals surface area contributed by atoms with Crippen molar-refractivity contribution in [3.8, 4) is 0 Å². The number of carbonyl (C=O) groups excluding carboxylic acids is 2. The Morgan fingerprint density at radius 1 is 0.463 bits per heavy atom. The van der Waals surface area contributed by atoms with Gasteiger partial charge in [0.2, 0.25) is 0 Å². The number of ether oxygens (including phenoxy) is 2. The van der Waals surface area contributed by atoms with Gasteiger partial charge in [-0.25, -0.2) is 4.57 Å². The third kappa shape index (κ3) is 34.7. The SMILES string of the molecule is CCCCC/C=C\C/C=C\CCCCCCCCCCCC(=O)OCC(COP(=O)(O)OC1C(O)C(O)C(O)C(O)C1O)OC(=O)CCCCCCCCCCC/C=C\C/C=C\CCCCC. The van der Waals surface area contributed by atoms with E-state index < -0.39 is 75.7 Å². The molecule has 6 unspecified atom stereocenters. The van der Waals surface area contributed by atoms with E-state index in [1.807, 2.05) is 0 Å². The average molecular weight is 971 g/mol. The van der Waals surface area contributed by atoms with Gasteiger partial charge in [0.05, 0.1) is 6.61 Å². The monoisotopic (exact) mass is 971 g/mol. The summed E-state index contributed by atoms with van der Waals surface area (Å²) in [4.78, 5) is 35.9. The molecule has 0 amide bonds. The Bertz CT molecular complexity index is 1350. The first-order valence-corrected chi connectivity index (χ1v) is 27.9. The van der Waals surface area contributed by atoms with Gasteiger partial charge in [-0.15, -0.1) is 0 Å². The molecule has 1 saturated carbocycles. The molecule has 1 aliphatic rings. The molecule has 0 aromatic carbocycles. The lowest BCUT2D eigenvalue weighted by Gasteiger charge is -2.41. The predicted octanol–water partition coefficient (Wildman–Crippen LogP) is 11.5. The molecule has 0 aliphatic heterocycles. The van der Waals surface area contributed by atoms with Crippen molar-refractivity contribution in [2.24, 2.45) is 0 Å². The standard InChI is InChI=1S/C53H95O13P/c1-3-5-7-9-11-13-15-17-19-21-23-25-27-29-31-33-35-37-39-41-46(54)63-43-45(44-64-67(61,62)66-53-51(59)49(57)48(56)50(58)52(53)60)65-47(55)42-40-38-36-34-32-30-28-26-24-22-20-18-16-14-12-10-8-6-4-2/h11-14,17-20,45,48-53,56-60H,3-10,15-16,21-44H2,1-2H3,(H,61,62)/b13-11-,14-12-,19-17-,20-18-. The molecule has 0 radical (unpaired) electrons. The van der Waals surface area contributed by atoms with Crippen LogP contribution in [0.1, 0.15) is 219 Å². The molecule has 0 saturated heterocycles. The maximum atomic E-state index is 12.9. The van der Waals surface area contributed by atoms with E-state index in [0.29, 0.717) is 12.8 Å². The summed E-state index contributed by atoms with van der Waals surface area (Å²) in [6.07, 6.45) is 38.6. The van der Waals surface area contributed by atoms with E-state index in [-0.39, 0.29) is 12.8 Å². The van der Waals surface area contributed by atoms with Crippen molar-refractivity contribution in [3.63, 3.8) is 0 Å². The number of rotatable bonds is 44. The summed E-state index contributed by atoms with van der Waals surface area (Å²) in [5.74, 6) is -1.10. The molecule has 6 atom stereocenters. The van der Waals surface area contributed by atoms with Crippen molar-refractivity contribution in [1.29, 1.82) is 0 Å². The second-order valence-corrected chi connectivity index (χ2v) is 19.8. The smallest absolute Gasteiger partial charge is 0.462 e. The van der Waals surface area contributed by atoms with Gasteiger partial charge >= 0.3 is 19.8 Å². The second-order valence-electron chi connectivity index (χ2n) is 18.4. The number of aliphatic hydroxyl groups excluding tert-OH is 5. The summed E-state index contributed by atoms with van der Waals surface area (Å²) < 4.78 is 33.7. The number of hydrogen-bond acceptors (Lipinski definition) is 12. The lowest BCUT2D eigenvalue weighted by Crippen LogP contribution is -2.64. The fourth-order valence-corrected chi connectivity index (χ4v) is 8.85. The lowest BCUT2D eigenvalue weighted by atomic mass is 9.85. The fraction of sp³-hybridized carbons (Fsp3) is 0.811. The summed E-state index contributed by atoms with van der Waals surface area (Å²) >= 11 is 0. The van der Waals surface area contributed by atoms with E-state index in [9.17, 15) is 44.6 Å². The van der Waals surface area contributed by atoms with Crippen molar-refractivity contribution in [2.75, 3.05) is 13.2 Å². The first-order valence-electron chi connectivity index (χ1n) is 26.4. The Balaban J connectivity index is 2.39.